The Morgan fingerprint density at radius 1 is 1.07 bits per heavy atom. The van der Waals surface area contributed by atoms with E-state index in [0.29, 0.717) is 30.4 Å². The quantitative estimate of drug-likeness (QED) is 0.561. The third-order valence-corrected chi connectivity index (χ3v) is 4.53. The van der Waals surface area contributed by atoms with E-state index in [9.17, 15) is 14.0 Å². The number of hydrogen-bond donors (Lipinski definition) is 1. The largest absolute Gasteiger partial charge is 0.434 e. The first-order chi connectivity index (χ1) is 13.6. The topological polar surface area (TPSA) is 72.2 Å². The maximum Gasteiger partial charge on any atom is 0.266 e. The minimum absolute atomic E-state index is 0.0613. The van der Waals surface area contributed by atoms with E-state index >= 15 is 0 Å². The summed E-state index contributed by atoms with van der Waals surface area (Å²) in [6.07, 6.45) is -0.137. The number of para-hydroxylation sites is 2. The SMILES string of the molecule is CCC[C@H](NC(=O)C(F)CCc1ccccc1)C(=O)c1nc2ccccc2o1. The van der Waals surface area contributed by atoms with Crippen molar-refractivity contribution in [2.24, 2.45) is 0 Å². The van der Waals surface area contributed by atoms with Crippen LogP contribution in [0.2, 0.25) is 0 Å². The Balaban J connectivity index is 1.64. The molecule has 6 heteroatoms. The molecule has 0 spiro atoms. The number of halogens is 1. The molecule has 1 heterocycles. The molecular formula is C22H23FN2O3. The van der Waals surface area contributed by atoms with Crippen LogP contribution in [-0.2, 0) is 11.2 Å². The van der Waals surface area contributed by atoms with Gasteiger partial charge in [-0.15, -0.1) is 0 Å². The number of nitrogens with one attached hydrogen (secondary N) is 1. The van der Waals surface area contributed by atoms with Crippen molar-refractivity contribution in [1.82, 2.24) is 10.3 Å². The van der Waals surface area contributed by atoms with Gasteiger partial charge in [-0.1, -0.05) is 55.8 Å². The molecule has 1 unspecified atom stereocenters. The average Bonchev–Trinajstić information content (AvgIpc) is 3.16. The Labute approximate surface area is 163 Å². The summed E-state index contributed by atoms with van der Waals surface area (Å²) < 4.78 is 19.9. The number of alkyl halides is 1. The monoisotopic (exact) mass is 382 g/mol. The molecule has 2 atom stereocenters. The van der Waals surface area contributed by atoms with Crippen LogP contribution >= 0.6 is 0 Å². The number of aromatic nitrogens is 1. The number of benzene rings is 2. The zero-order chi connectivity index (χ0) is 19.9. The molecule has 5 nitrogen and oxygen atoms in total. The number of aryl methyl sites for hydroxylation is 1. The van der Waals surface area contributed by atoms with E-state index in [1.807, 2.05) is 37.3 Å². The fourth-order valence-electron chi connectivity index (χ4n) is 3.02. The van der Waals surface area contributed by atoms with Gasteiger partial charge in [0.1, 0.15) is 5.52 Å². The molecular weight excluding hydrogens is 359 g/mol. The first-order valence-corrected chi connectivity index (χ1v) is 9.46. The molecule has 0 aliphatic heterocycles. The van der Waals surface area contributed by atoms with Crippen LogP contribution in [0.3, 0.4) is 0 Å². The minimum Gasteiger partial charge on any atom is -0.434 e. The number of hydrogen-bond acceptors (Lipinski definition) is 4. The van der Waals surface area contributed by atoms with Crippen LogP contribution in [0, 0.1) is 0 Å². The molecule has 0 aliphatic carbocycles. The lowest BCUT2D eigenvalue weighted by Gasteiger charge is -2.17. The molecule has 0 saturated heterocycles. The van der Waals surface area contributed by atoms with Crippen LogP contribution in [0.25, 0.3) is 11.1 Å². The normalized spacial score (nSPS) is 13.2. The third-order valence-electron chi connectivity index (χ3n) is 4.53. The summed E-state index contributed by atoms with van der Waals surface area (Å²) in [6.45, 7) is 1.89. The number of carbonyl (C=O) groups excluding carboxylic acids is 2. The Bertz CT molecular complexity index is 906. The lowest BCUT2D eigenvalue weighted by atomic mass is 10.0. The number of Topliss-reactive ketones (excluding diaryl/α,β-unsaturated/α-hetero) is 1. The van der Waals surface area contributed by atoms with E-state index in [-0.39, 0.29) is 12.3 Å². The summed E-state index contributed by atoms with van der Waals surface area (Å²) >= 11 is 0. The zero-order valence-corrected chi connectivity index (χ0v) is 15.7. The highest BCUT2D eigenvalue weighted by Crippen LogP contribution is 2.17. The predicted molar refractivity (Wildman–Crippen MR) is 105 cm³/mol. The van der Waals surface area contributed by atoms with Crippen LogP contribution in [0.4, 0.5) is 4.39 Å². The molecule has 0 aliphatic rings. The fraction of sp³-hybridized carbons (Fsp3) is 0.318. The molecule has 1 N–H and O–H groups in total. The van der Waals surface area contributed by atoms with Crippen LogP contribution in [0.1, 0.15) is 42.4 Å². The molecule has 0 saturated carbocycles. The minimum atomic E-state index is -1.68. The van der Waals surface area contributed by atoms with E-state index in [1.165, 1.54) is 0 Å². The summed E-state index contributed by atoms with van der Waals surface area (Å²) in [5.74, 6) is -1.29. The molecule has 0 radical (unpaired) electrons. The first kappa shape index (κ1) is 19.7. The lowest BCUT2D eigenvalue weighted by Crippen LogP contribution is -2.44. The van der Waals surface area contributed by atoms with Gasteiger partial charge in [0.05, 0.1) is 6.04 Å². The summed E-state index contributed by atoms with van der Waals surface area (Å²) in [5.41, 5.74) is 2.03. The van der Waals surface area contributed by atoms with Crippen molar-refractivity contribution in [3.8, 4) is 0 Å². The molecule has 0 fully saturated rings. The van der Waals surface area contributed by atoms with Gasteiger partial charge in [-0.25, -0.2) is 9.37 Å². The number of oxazole rings is 1. The van der Waals surface area contributed by atoms with Gasteiger partial charge in [-0.05, 0) is 37.0 Å². The molecule has 3 rings (SSSR count). The molecule has 146 valence electrons. The number of fused-ring (bicyclic) bond motifs is 1. The van der Waals surface area contributed by atoms with E-state index in [4.69, 9.17) is 4.42 Å². The maximum absolute atomic E-state index is 14.4. The molecule has 2 aromatic carbocycles. The Hall–Kier alpha value is -3.02. The van der Waals surface area contributed by atoms with Gasteiger partial charge in [0, 0.05) is 0 Å². The highest BCUT2D eigenvalue weighted by atomic mass is 19.1. The van der Waals surface area contributed by atoms with Crippen LogP contribution < -0.4 is 5.32 Å². The van der Waals surface area contributed by atoms with Crippen molar-refractivity contribution in [3.63, 3.8) is 0 Å². The van der Waals surface area contributed by atoms with Crippen LogP contribution in [0.5, 0.6) is 0 Å². The fourth-order valence-corrected chi connectivity index (χ4v) is 3.02. The summed E-state index contributed by atoms with van der Waals surface area (Å²) in [5, 5.41) is 2.53. The van der Waals surface area contributed by atoms with Crippen molar-refractivity contribution in [1.29, 1.82) is 0 Å². The number of nitrogens with zero attached hydrogens (tertiary/aromatic N) is 1. The van der Waals surface area contributed by atoms with Gasteiger partial charge in [-0.3, -0.25) is 9.59 Å². The Morgan fingerprint density at radius 2 is 1.79 bits per heavy atom. The summed E-state index contributed by atoms with van der Waals surface area (Å²) in [4.78, 5) is 29.2. The van der Waals surface area contributed by atoms with E-state index in [2.05, 4.69) is 10.3 Å². The van der Waals surface area contributed by atoms with Gasteiger partial charge in [0.25, 0.3) is 11.8 Å². The second kappa shape index (κ2) is 9.26. The molecule has 1 aromatic heterocycles. The van der Waals surface area contributed by atoms with Crippen molar-refractivity contribution >= 4 is 22.8 Å². The highest BCUT2D eigenvalue weighted by molar-refractivity contribution is 6.00. The van der Waals surface area contributed by atoms with Gasteiger partial charge in [0.15, 0.2) is 11.8 Å². The lowest BCUT2D eigenvalue weighted by molar-refractivity contribution is -0.126. The van der Waals surface area contributed by atoms with Gasteiger partial charge in [0.2, 0.25) is 5.78 Å². The second-order valence-electron chi connectivity index (χ2n) is 6.69. The number of amides is 1. The molecule has 0 bridgehead atoms. The van der Waals surface area contributed by atoms with Crippen molar-refractivity contribution < 1.29 is 18.4 Å². The summed E-state index contributed by atoms with van der Waals surface area (Å²) in [6, 6.07) is 15.6. The van der Waals surface area contributed by atoms with Crippen LogP contribution in [0.15, 0.2) is 59.0 Å². The van der Waals surface area contributed by atoms with Gasteiger partial charge in [-0.2, -0.15) is 0 Å². The number of rotatable bonds is 9. The number of carbonyl (C=O) groups is 2. The second-order valence-corrected chi connectivity index (χ2v) is 6.69. The predicted octanol–water partition coefficient (Wildman–Crippen LogP) is 4.27. The standard InChI is InChI=1S/C22H23FN2O3/c1-2-8-18(20(26)22-25-17-11-6-7-12-19(17)28-22)24-21(27)16(23)14-13-15-9-4-3-5-10-15/h3-7,9-12,16,18H,2,8,13-14H2,1H3,(H,24,27)/t16?,18-/m0/s1. The molecule has 28 heavy (non-hydrogen) atoms. The Kier molecular flexibility index (Phi) is 6.53. The van der Waals surface area contributed by atoms with Crippen molar-refractivity contribution in [3.05, 3.63) is 66.1 Å². The summed E-state index contributed by atoms with van der Waals surface area (Å²) in [7, 11) is 0. The molecule has 3 aromatic rings. The smallest absolute Gasteiger partial charge is 0.266 e. The number of ketones is 1. The third kappa shape index (κ3) is 4.82. The Morgan fingerprint density at radius 3 is 2.50 bits per heavy atom. The molecule has 1 amide bonds. The van der Waals surface area contributed by atoms with Crippen molar-refractivity contribution in [2.45, 2.75) is 44.8 Å². The van der Waals surface area contributed by atoms with E-state index in [1.54, 1.807) is 24.3 Å². The van der Waals surface area contributed by atoms with Crippen LogP contribution in [-0.4, -0.2) is 28.9 Å². The highest BCUT2D eigenvalue weighted by Gasteiger charge is 2.28. The van der Waals surface area contributed by atoms with E-state index in [0.717, 1.165) is 5.56 Å². The van der Waals surface area contributed by atoms with Gasteiger partial charge >= 0.3 is 0 Å². The van der Waals surface area contributed by atoms with Gasteiger partial charge < -0.3 is 9.73 Å². The zero-order valence-electron chi connectivity index (χ0n) is 15.7. The average molecular weight is 382 g/mol. The maximum atomic E-state index is 14.4. The first-order valence-electron chi connectivity index (χ1n) is 9.46. The van der Waals surface area contributed by atoms with Crippen molar-refractivity contribution in [2.75, 3.05) is 0 Å². The van der Waals surface area contributed by atoms with E-state index < -0.39 is 23.9 Å².